The Bertz CT molecular complexity index is 1060. The van der Waals surface area contributed by atoms with Gasteiger partial charge in [-0.2, -0.15) is 0 Å². The van der Waals surface area contributed by atoms with Crippen LogP contribution in [0.2, 0.25) is 0 Å². The lowest BCUT2D eigenvalue weighted by molar-refractivity contribution is 0.179. The maximum Gasteiger partial charge on any atom is -0.0323 e. The Labute approximate surface area is 457 Å². The van der Waals surface area contributed by atoms with Gasteiger partial charge in [0.05, 0.1) is 0 Å². The minimum absolute atomic E-state index is 0.542. The van der Waals surface area contributed by atoms with Gasteiger partial charge in [0.25, 0.3) is 0 Å². The zero-order chi connectivity index (χ0) is 56.3. The predicted molar refractivity (Wildman–Crippen MR) is 335 cm³/mol. The van der Waals surface area contributed by atoms with Crippen LogP contribution in [0.25, 0.3) is 0 Å². The molecule has 0 nitrogen and oxygen atoms in total. The summed E-state index contributed by atoms with van der Waals surface area (Å²) in [5.74, 6) is 13.7. The Morgan fingerprint density at radius 3 is 0.901 bits per heavy atom. The van der Waals surface area contributed by atoms with Crippen LogP contribution in [0.4, 0.5) is 0 Å². The van der Waals surface area contributed by atoms with Crippen molar-refractivity contribution in [2.24, 2.45) is 105 Å². The fourth-order valence-electron chi connectivity index (χ4n) is 10.7. The highest BCUT2D eigenvalue weighted by Gasteiger charge is 2.43. The van der Waals surface area contributed by atoms with Gasteiger partial charge in [0.2, 0.25) is 0 Å². The van der Waals surface area contributed by atoms with Crippen molar-refractivity contribution in [1.29, 1.82) is 0 Å². The molecule has 0 N–H and O–H groups in total. The third kappa shape index (κ3) is 43.8. The van der Waals surface area contributed by atoms with Gasteiger partial charge in [-0.3, -0.25) is 0 Å². The molecule has 6 aliphatic rings. The second-order valence-corrected chi connectivity index (χ2v) is 30.2. The predicted octanol–water partition coefficient (Wildman–Crippen LogP) is 26.1. The fraction of sp³-hybridized carbons (Fsp3) is 1.00. The van der Waals surface area contributed by atoms with Crippen LogP contribution in [-0.4, -0.2) is 0 Å². The molecule has 0 spiro atoms. The van der Waals surface area contributed by atoms with Crippen LogP contribution in [0.1, 0.15) is 355 Å². The average Bonchev–Trinajstić information content (AvgIpc) is 3.63. The summed E-state index contributed by atoms with van der Waals surface area (Å²) in [5.41, 5.74) is 2.37. The first-order valence-electron chi connectivity index (χ1n) is 32.5. The Hall–Kier alpha value is 0. The molecule has 6 aliphatic carbocycles. The minimum atomic E-state index is 0.542. The van der Waals surface area contributed by atoms with E-state index in [1.807, 2.05) is 0 Å². The van der Waals surface area contributed by atoms with Crippen molar-refractivity contribution in [3.8, 4) is 0 Å². The Morgan fingerprint density at radius 2 is 0.817 bits per heavy atom. The van der Waals surface area contributed by atoms with E-state index in [0.717, 1.165) is 82.9 Å². The first-order chi connectivity index (χ1) is 32.5. The van der Waals surface area contributed by atoms with Crippen LogP contribution in [0.3, 0.4) is 0 Å². The smallest absolute Gasteiger partial charge is 0.0323 e. The molecule has 71 heavy (non-hydrogen) atoms. The first-order valence-corrected chi connectivity index (χ1v) is 32.5. The quantitative estimate of drug-likeness (QED) is 0.227. The van der Waals surface area contributed by atoms with Crippen molar-refractivity contribution in [2.75, 3.05) is 0 Å². The van der Waals surface area contributed by atoms with Crippen LogP contribution < -0.4 is 0 Å². The molecule has 7 unspecified atom stereocenters. The zero-order valence-corrected chi connectivity index (χ0v) is 56.3. The normalized spacial score (nSPS) is 28.6. The van der Waals surface area contributed by atoms with Gasteiger partial charge in [-0.1, -0.05) is 323 Å². The first kappa shape index (κ1) is 77.5. The molecule has 0 aromatic heterocycles. The van der Waals surface area contributed by atoms with Gasteiger partial charge < -0.3 is 0 Å². The lowest BCUT2D eigenvalue weighted by Crippen LogP contribution is -2.24. The van der Waals surface area contributed by atoms with E-state index in [0.29, 0.717) is 21.7 Å². The summed E-state index contributed by atoms with van der Waals surface area (Å²) < 4.78 is 0. The van der Waals surface area contributed by atoms with Gasteiger partial charge >= 0.3 is 0 Å². The van der Waals surface area contributed by atoms with Crippen LogP contribution in [0.5, 0.6) is 0 Å². The summed E-state index contributed by atoms with van der Waals surface area (Å²) in [7, 11) is 0. The molecule has 0 aromatic rings. The molecule has 0 aliphatic heterocycles. The third-order valence-corrected chi connectivity index (χ3v) is 19.8. The standard InChI is InChI=1S/C10H20.3C8H16.C7H14.C6H12.4C6H14/c1-8-9(2,3)6-7-10(8,4)5;1-6-4-7(2)8(3)5-6;1-7-5-4-6-8(7,2)3;1-6-4-5-7(2)8(6)3;1-6-4-3-5-7(6)2;1-2-3-6-4-5-6;1-5-6(2,3)4;2*1-4-5-6(2)3;1-4-6(3)5-2/h8H,6-7H2,1-5H3;6-8H,4-5H2,1-3H3;7H,4-6H2,1-3H3;6-8H,4-5H2,1-3H3;6-7H,3-5H2,1-2H3;6H,2-5H2,1H3;5H2,1-4H3;3*6H,4-5H2,1-3H3. The fourth-order valence-corrected chi connectivity index (χ4v) is 10.7. The molecule has 0 aromatic carbocycles. The molecule has 0 bridgehead atoms. The van der Waals surface area contributed by atoms with E-state index in [-0.39, 0.29) is 0 Å². The highest BCUT2D eigenvalue weighted by atomic mass is 14.5. The second-order valence-electron chi connectivity index (χ2n) is 30.2. The molecule has 6 saturated carbocycles. The van der Waals surface area contributed by atoms with Crippen molar-refractivity contribution in [3.05, 3.63) is 0 Å². The monoisotopic (exact) mass is 1000 g/mol. The molecule has 6 fully saturated rings. The van der Waals surface area contributed by atoms with Crippen LogP contribution in [0, 0.1) is 105 Å². The third-order valence-electron chi connectivity index (χ3n) is 19.8. The zero-order valence-electron chi connectivity index (χ0n) is 56.3. The molecule has 0 heterocycles. The summed E-state index contributed by atoms with van der Waals surface area (Å²) in [6, 6.07) is 0. The lowest BCUT2D eigenvalue weighted by atomic mass is 9.74. The summed E-state index contributed by atoms with van der Waals surface area (Å²) in [6.45, 7) is 69.4. The largest absolute Gasteiger partial charge is 0.0654 e. The highest BCUT2D eigenvalue weighted by Crippen LogP contribution is 2.53. The van der Waals surface area contributed by atoms with Gasteiger partial charge in [0.15, 0.2) is 0 Å². The van der Waals surface area contributed by atoms with E-state index in [4.69, 9.17) is 0 Å². The van der Waals surface area contributed by atoms with Crippen molar-refractivity contribution in [1.82, 2.24) is 0 Å². The van der Waals surface area contributed by atoms with Crippen molar-refractivity contribution >= 4 is 0 Å². The van der Waals surface area contributed by atoms with E-state index in [1.54, 1.807) is 0 Å². The van der Waals surface area contributed by atoms with Crippen LogP contribution in [-0.2, 0) is 0 Å². The van der Waals surface area contributed by atoms with E-state index < -0.39 is 0 Å². The van der Waals surface area contributed by atoms with E-state index in [1.165, 1.54) is 148 Å². The topological polar surface area (TPSA) is 0 Å². The maximum atomic E-state index is 2.40. The van der Waals surface area contributed by atoms with Crippen molar-refractivity contribution in [2.45, 2.75) is 355 Å². The second kappa shape index (κ2) is 42.1. The maximum absolute atomic E-state index is 2.40. The average molecular weight is 1000 g/mol. The van der Waals surface area contributed by atoms with Gasteiger partial charge in [-0.15, -0.1) is 0 Å². The highest BCUT2D eigenvalue weighted by molar-refractivity contribution is 4.93. The summed E-state index contributed by atoms with van der Waals surface area (Å²) in [6.07, 6.45) is 32.7. The van der Waals surface area contributed by atoms with Crippen molar-refractivity contribution < 1.29 is 0 Å². The molecule has 7 atom stereocenters. The van der Waals surface area contributed by atoms with E-state index in [2.05, 4.69) is 208 Å². The van der Waals surface area contributed by atoms with Gasteiger partial charge in [0, 0.05) is 0 Å². The number of hydrogen-bond donors (Lipinski definition) is 0. The van der Waals surface area contributed by atoms with Crippen molar-refractivity contribution in [3.63, 3.8) is 0 Å². The lowest BCUT2D eigenvalue weighted by Gasteiger charge is -2.31. The molecule has 0 saturated heterocycles. The summed E-state index contributed by atoms with van der Waals surface area (Å²) in [4.78, 5) is 0. The van der Waals surface area contributed by atoms with E-state index >= 15 is 0 Å². The summed E-state index contributed by atoms with van der Waals surface area (Å²) in [5, 5.41) is 0. The SMILES string of the molecule is CC1C(C)(C)CCC1(C)C.CC1CC(C)C(C)C1.CC1CCC(C)C1C.CC1CCCC1(C)C.CC1CCCC1C.CCC(C)(C)C.CCC(C)CC.CCCC(C)C.CCCC(C)C.CCCC1CC1. The van der Waals surface area contributed by atoms with E-state index in [9.17, 15) is 0 Å². The van der Waals surface area contributed by atoms with Gasteiger partial charge in [-0.25, -0.2) is 0 Å². The minimum Gasteiger partial charge on any atom is -0.0654 e. The number of hydrogen-bond acceptors (Lipinski definition) is 0. The molecule has 0 heteroatoms. The molecule has 0 amide bonds. The molecular weight excluding hydrogens is 853 g/mol. The Kier molecular flexibility index (Phi) is 45.9. The molecule has 0 radical (unpaired) electrons. The summed E-state index contributed by atoms with van der Waals surface area (Å²) >= 11 is 0. The number of rotatable bonds is 8. The molecule has 6 rings (SSSR count). The van der Waals surface area contributed by atoms with Gasteiger partial charge in [-0.05, 0) is 137 Å². The Morgan fingerprint density at radius 1 is 0.437 bits per heavy atom. The van der Waals surface area contributed by atoms with Crippen LogP contribution >= 0.6 is 0 Å². The Balaban J connectivity index is -0.000000353. The van der Waals surface area contributed by atoms with Gasteiger partial charge in [0.1, 0.15) is 0 Å². The molecular formula is C71H150. The molecule has 434 valence electrons. The van der Waals surface area contributed by atoms with Crippen LogP contribution in [0.15, 0.2) is 0 Å².